The predicted octanol–water partition coefficient (Wildman–Crippen LogP) is 2.11. The lowest BCUT2D eigenvalue weighted by Crippen LogP contribution is -2.10. The van der Waals surface area contributed by atoms with E-state index in [1.54, 1.807) is 7.05 Å². The molecule has 1 N–H and O–H groups in total. The van der Waals surface area contributed by atoms with Crippen LogP contribution in [0.2, 0.25) is 0 Å². The fourth-order valence-corrected chi connectivity index (χ4v) is 0.610. The molecule has 0 aliphatic heterocycles. The van der Waals surface area contributed by atoms with E-state index in [0.29, 0.717) is 0 Å². The van der Waals surface area contributed by atoms with Crippen LogP contribution >= 0.6 is 11.8 Å². The summed E-state index contributed by atoms with van der Waals surface area (Å²) in [4.78, 5) is 10.3. The first kappa shape index (κ1) is 11.6. The molecule has 0 bridgehead atoms. The van der Waals surface area contributed by atoms with Gasteiger partial charge in [0.05, 0.1) is 0 Å². The fraction of sp³-hybridized carbons (Fsp3) is 0.833. The average Bonchev–Trinajstić information content (AvgIpc) is 1.93. The van der Waals surface area contributed by atoms with Gasteiger partial charge in [0.25, 0.3) is 5.24 Å². The van der Waals surface area contributed by atoms with Gasteiger partial charge in [-0.05, 0) is 5.75 Å². The minimum Gasteiger partial charge on any atom is -0.350 e. The molecule has 0 spiro atoms. The second-order valence-corrected chi connectivity index (χ2v) is 2.21. The Kier molecular flexibility index (Phi) is 13.8. The molecule has 0 aromatic heterocycles. The number of nitrogens with one attached hydrogen (secondary N) is 1. The molecule has 0 aliphatic carbocycles. The summed E-state index contributed by atoms with van der Waals surface area (Å²) >= 11 is 1.28. The van der Waals surface area contributed by atoms with E-state index in [1.807, 2.05) is 20.8 Å². The van der Waals surface area contributed by atoms with Crippen LogP contribution in [0.1, 0.15) is 20.8 Å². The monoisotopic (exact) mass is 149 g/mol. The van der Waals surface area contributed by atoms with Crippen LogP contribution in [0.25, 0.3) is 0 Å². The molecule has 0 saturated heterocycles. The molecule has 3 heteroatoms. The third-order valence-electron chi connectivity index (χ3n) is 0.480. The van der Waals surface area contributed by atoms with Gasteiger partial charge in [0, 0.05) is 7.05 Å². The summed E-state index contributed by atoms with van der Waals surface area (Å²) in [5.41, 5.74) is 0. The van der Waals surface area contributed by atoms with Gasteiger partial charge in [0.1, 0.15) is 0 Å². The van der Waals surface area contributed by atoms with Crippen LogP contribution in [0.4, 0.5) is 4.79 Å². The summed E-state index contributed by atoms with van der Waals surface area (Å²) in [5.74, 6) is 0.847. The molecule has 0 aromatic rings. The van der Waals surface area contributed by atoms with Crippen molar-refractivity contribution < 1.29 is 4.79 Å². The van der Waals surface area contributed by atoms with Crippen LogP contribution in [0.15, 0.2) is 0 Å². The highest BCUT2D eigenvalue weighted by molar-refractivity contribution is 8.13. The van der Waals surface area contributed by atoms with Gasteiger partial charge in [0.15, 0.2) is 0 Å². The quantitative estimate of drug-likeness (QED) is 0.618. The van der Waals surface area contributed by atoms with Crippen LogP contribution in [0.5, 0.6) is 0 Å². The largest absolute Gasteiger partial charge is 0.350 e. The Morgan fingerprint density at radius 1 is 1.56 bits per heavy atom. The smallest absolute Gasteiger partial charge is 0.278 e. The van der Waals surface area contributed by atoms with Gasteiger partial charge < -0.3 is 5.32 Å². The molecule has 56 valence electrons. The van der Waals surface area contributed by atoms with Crippen LogP contribution in [-0.4, -0.2) is 18.0 Å². The fourth-order valence-electron chi connectivity index (χ4n) is 0.203. The normalized spacial score (nSPS) is 7.11. The second-order valence-electron chi connectivity index (χ2n) is 0.970. The zero-order valence-electron chi connectivity index (χ0n) is 6.52. The topological polar surface area (TPSA) is 29.1 Å². The van der Waals surface area contributed by atoms with Crippen molar-refractivity contribution in [1.29, 1.82) is 0 Å². The number of carbonyl (C=O) groups excluding carboxylic acids is 1. The minimum atomic E-state index is 0.0440. The SMILES string of the molecule is CC.CCSC(=O)NC. The predicted molar refractivity (Wildman–Crippen MR) is 43.9 cm³/mol. The molecular formula is C6H15NOS. The van der Waals surface area contributed by atoms with E-state index in [2.05, 4.69) is 5.32 Å². The van der Waals surface area contributed by atoms with E-state index in [1.165, 1.54) is 11.8 Å². The van der Waals surface area contributed by atoms with Crippen molar-refractivity contribution in [2.75, 3.05) is 12.8 Å². The first-order valence-electron chi connectivity index (χ1n) is 3.15. The number of amides is 1. The molecule has 0 fully saturated rings. The van der Waals surface area contributed by atoms with Gasteiger partial charge in [-0.2, -0.15) is 0 Å². The lowest BCUT2D eigenvalue weighted by molar-refractivity contribution is 0.262. The van der Waals surface area contributed by atoms with Gasteiger partial charge in [-0.3, -0.25) is 4.79 Å². The molecule has 0 rings (SSSR count). The van der Waals surface area contributed by atoms with Gasteiger partial charge in [-0.25, -0.2) is 0 Å². The first-order valence-corrected chi connectivity index (χ1v) is 4.14. The Labute approximate surface area is 61.4 Å². The lowest BCUT2D eigenvalue weighted by Gasteiger charge is -1.90. The summed E-state index contributed by atoms with van der Waals surface area (Å²) in [6.45, 7) is 5.94. The van der Waals surface area contributed by atoms with Gasteiger partial charge in [0.2, 0.25) is 0 Å². The average molecular weight is 149 g/mol. The maximum absolute atomic E-state index is 10.3. The number of carbonyl (C=O) groups is 1. The van der Waals surface area contributed by atoms with Crippen LogP contribution in [0, 0.1) is 0 Å². The van der Waals surface area contributed by atoms with Crippen LogP contribution in [0.3, 0.4) is 0 Å². The van der Waals surface area contributed by atoms with Crippen molar-refractivity contribution in [3.8, 4) is 0 Å². The molecule has 0 atom stereocenters. The number of hydrogen-bond donors (Lipinski definition) is 1. The van der Waals surface area contributed by atoms with Gasteiger partial charge >= 0.3 is 0 Å². The van der Waals surface area contributed by atoms with Crippen molar-refractivity contribution in [3.63, 3.8) is 0 Å². The molecule has 1 amide bonds. The standard InChI is InChI=1S/C4H9NOS.C2H6/c1-3-7-4(6)5-2;1-2/h3H2,1-2H3,(H,5,6);1-2H3. The van der Waals surface area contributed by atoms with Crippen LogP contribution in [-0.2, 0) is 0 Å². The van der Waals surface area contributed by atoms with E-state index in [0.717, 1.165) is 5.75 Å². The summed E-state index contributed by atoms with van der Waals surface area (Å²) in [6, 6.07) is 0. The highest BCUT2D eigenvalue weighted by Crippen LogP contribution is 1.96. The lowest BCUT2D eigenvalue weighted by atomic mass is 11.0. The van der Waals surface area contributed by atoms with Crippen LogP contribution < -0.4 is 5.32 Å². The first-order chi connectivity index (χ1) is 4.31. The number of thioether (sulfide) groups is 1. The van der Waals surface area contributed by atoms with Crippen molar-refractivity contribution in [2.24, 2.45) is 0 Å². The maximum Gasteiger partial charge on any atom is 0.278 e. The zero-order valence-corrected chi connectivity index (χ0v) is 7.34. The van der Waals surface area contributed by atoms with E-state index in [-0.39, 0.29) is 5.24 Å². The Morgan fingerprint density at radius 2 is 2.00 bits per heavy atom. The zero-order chi connectivity index (χ0) is 7.70. The Bertz CT molecular complexity index is 66.1. The maximum atomic E-state index is 10.3. The highest BCUT2D eigenvalue weighted by Gasteiger charge is 1.90. The number of rotatable bonds is 1. The van der Waals surface area contributed by atoms with Crippen molar-refractivity contribution in [2.45, 2.75) is 20.8 Å². The highest BCUT2D eigenvalue weighted by atomic mass is 32.2. The summed E-state index contributed by atoms with van der Waals surface area (Å²) < 4.78 is 0. The van der Waals surface area contributed by atoms with E-state index < -0.39 is 0 Å². The van der Waals surface area contributed by atoms with Crippen molar-refractivity contribution in [1.82, 2.24) is 5.32 Å². The molecule has 0 aliphatic rings. The molecular weight excluding hydrogens is 134 g/mol. The van der Waals surface area contributed by atoms with E-state index in [4.69, 9.17) is 0 Å². The van der Waals surface area contributed by atoms with Gasteiger partial charge in [-0.15, -0.1) is 0 Å². The second kappa shape index (κ2) is 10.7. The molecule has 0 unspecified atom stereocenters. The summed E-state index contributed by atoms with van der Waals surface area (Å²) in [7, 11) is 1.63. The molecule has 9 heavy (non-hydrogen) atoms. The molecule has 0 heterocycles. The molecule has 0 radical (unpaired) electrons. The summed E-state index contributed by atoms with van der Waals surface area (Å²) in [6.07, 6.45) is 0. The van der Waals surface area contributed by atoms with Crippen molar-refractivity contribution in [3.05, 3.63) is 0 Å². The summed E-state index contributed by atoms with van der Waals surface area (Å²) in [5, 5.41) is 2.53. The third-order valence-corrected chi connectivity index (χ3v) is 1.23. The van der Waals surface area contributed by atoms with E-state index in [9.17, 15) is 4.79 Å². The number of hydrogen-bond acceptors (Lipinski definition) is 2. The Balaban J connectivity index is 0. The van der Waals surface area contributed by atoms with E-state index >= 15 is 0 Å². The molecule has 0 saturated carbocycles. The Morgan fingerprint density at radius 3 is 2.11 bits per heavy atom. The van der Waals surface area contributed by atoms with Crippen molar-refractivity contribution >= 4 is 17.0 Å². The van der Waals surface area contributed by atoms with Gasteiger partial charge in [-0.1, -0.05) is 32.5 Å². The minimum absolute atomic E-state index is 0.0440. The molecule has 0 aromatic carbocycles. The molecule has 2 nitrogen and oxygen atoms in total. The third kappa shape index (κ3) is 11.4. The Hall–Kier alpha value is -0.180.